The van der Waals surface area contributed by atoms with Crippen LogP contribution in [-0.4, -0.2) is 68.1 Å². The maximum Gasteiger partial charge on any atom is 0.229 e. The Kier molecular flexibility index (Phi) is 4.22. The molecule has 1 aromatic heterocycles. The molecule has 1 aromatic carbocycles. The van der Waals surface area contributed by atoms with Crippen molar-refractivity contribution in [1.82, 2.24) is 9.88 Å². The standard InChI is InChI=1S/C19H23N3O4S/c1-24-14-2-3-16-15(10-14)20-18(27-16)22-11-13(12-22)17(23)21-6-4-19(5-7-21)25-8-9-26-19/h2-3,10,13H,4-9,11-12H2,1H3. The molecule has 1 spiro atoms. The van der Waals surface area contributed by atoms with E-state index in [-0.39, 0.29) is 11.8 Å². The molecule has 3 fully saturated rings. The molecule has 4 heterocycles. The number of likely N-dealkylation sites (tertiary alicyclic amines) is 1. The smallest absolute Gasteiger partial charge is 0.229 e. The third-order valence-electron chi connectivity index (χ3n) is 5.74. The summed E-state index contributed by atoms with van der Waals surface area (Å²) < 4.78 is 17.9. The van der Waals surface area contributed by atoms with Gasteiger partial charge in [0.1, 0.15) is 5.75 Å². The van der Waals surface area contributed by atoms with E-state index in [9.17, 15) is 4.79 Å². The number of hydrogen-bond acceptors (Lipinski definition) is 7. The number of amides is 1. The van der Waals surface area contributed by atoms with Crippen LogP contribution in [0.2, 0.25) is 0 Å². The van der Waals surface area contributed by atoms with Crippen LogP contribution in [0.5, 0.6) is 5.75 Å². The fourth-order valence-electron chi connectivity index (χ4n) is 4.06. The number of thiazole rings is 1. The summed E-state index contributed by atoms with van der Waals surface area (Å²) in [4.78, 5) is 21.7. The van der Waals surface area contributed by atoms with Crippen LogP contribution in [0.15, 0.2) is 18.2 Å². The van der Waals surface area contributed by atoms with Crippen LogP contribution in [0.3, 0.4) is 0 Å². The predicted octanol–water partition coefficient (Wildman–Crippen LogP) is 2.11. The number of hydrogen-bond donors (Lipinski definition) is 0. The second-order valence-corrected chi connectivity index (χ2v) is 8.37. The third-order valence-corrected chi connectivity index (χ3v) is 6.83. The quantitative estimate of drug-likeness (QED) is 0.801. The highest BCUT2D eigenvalue weighted by atomic mass is 32.1. The van der Waals surface area contributed by atoms with Crippen molar-refractivity contribution < 1.29 is 19.0 Å². The number of nitrogens with zero attached hydrogens (tertiary/aromatic N) is 3. The lowest BCUT2D eigenvalue weighted by Crippen LogP contribution is -2.57. The van der Waals surface area contributed by atoms with E-state index in [4.69, 9.17) is 19.2 Å². The number of ether oxygens (including phenoxy) is 3. The maximum atomic E-state index is 12.8. The Balaban J connectivity index is 1.19. The van der Waals surface area contributed by atoms with Crippen LogP contribution >= 0.6 is 11.3 Å². The average molecular weight is 389 g/mol. The third kappa shape index (κ3) is 3.05. The number of fused-ring (bicyclic) bond motifs is 1. The molecule has 3 aliphatic heterocycles. The van der Waals surface area contributed by atoms with Gasteiger partial charge < -0.3 is 24.0 Å². The Hall–Kier alpha value is -1.90. The zero-order valence-electron chi connectivity index (χ0n) is 15.3. The van der Waals surface area contributed by atoms with Gasteiger partial charge in [0, 0.05) is 45.1 Å². The van der Waals surface area contributed by atoms with Gasteiger partial charge in [-0.25, -0.2) is 4.98 Å². The normalized spacial score (nSPS) is 22.4. The zero-order chi connectivity index (χ0) is 18.4. The number of rotatable bonds is 3. The zero-order valence-corrected chi connectivity index (χ0v) is 16.2. The van der Waals surface area contributed by atoms with Crippen molar-refractivity contribution in [3.8, 4) is 5.75 Å². The molecule has 0 N–H and O–H groups in total. The van der Waals surface area contributed by atoms with Gasteiger partial charge in [-0.3, -0.25) is 4.79 Å². The van der Waals surface area contributed by atoms with Gasteiger partial charge >= 0.3 is 0 Å². The topological polar surface area (TPSA) is 64.1 Å². The van der Waals surface area contributed by atoms with Crippen LogP contribution in [0, 0.1) is 5.92 Å². The molecular formula is C19H23N3O4S. The van der Waals surface area contributed by atoms with Crippen molar-refractivity contribution in [3.05, 3.63) is 18.2 Å². The monoisotopic (exact) mass is 389 g/mol. The number of benzene rings is 1. The van der Waals surface area contributed by atoms with E-state index >= 15 is 0 Å². The number of methoxy groups -OCH3 is 1. The van der Waals surface area contributed by atoms with Crippen molar-refractivity contribution in [3.63, 3.8) is 0 Å². The lowest BCUT2D eigenvalue weighted by atomic mass is 9.96. The first-order chi connectivity index (χ1) is 13.2. The van der Waals surface area contributed by atoms with Gasteiger partial charge in [-0.1, -0.05) is 11.3 Å². The van der Waals surface area contributed by atoms with Crippen LogP contribution in [-0.2, 0) is 14.3 Å². The van der Waals surface area contributed by atoms with E-state index < -0.39 is 5.79 Å². The number of carbonyl (C=O) groups excluding carboxylic acids is 1. The van der Waals surface area contributed by atoms with E-state index in [1.807, 2.05) is 23.1 Å². The highest BCUT2D eigenvalue weighted by Gasteiger charge is 2.43. The Morgan fingerprint density at radius 1 is 1.26 bits per heavy atom. The lowest BCUT2D eigenvalue weighted by molar-refractivity contribution is -0.188. The van der Waals surface area contributed by atoms with Crippen LogP contribution in [0.4, 0.5) is 5.13 Å². The van der Waals surface area contributed by atoms with Gasteiger partial charge in [-0.05, 0) is 12.1 Å². The second kappa shape index (κ2) is 6.61. The Morgan fingerprint density at radius 3 is 2.70 bits per heavy atom. The van der Waals surface area contributed by atoms with E-state index in [0.717, 1.165) is 60.1 Å². The van der Waals surface area contributed by atoms with Gasteiger partial charge in [0.05, 0.1) is 36.5 Å². The van der Waals surface area contributed by atoms with Crippen LogP contribution in [0.25, 0.3) is 10.2 Å². The first kappa shape index (κ1) is 17.2. The minimum atomic E-state index is -0.426. The van der Waals surface area contributed by atoms with Gasteiger partial charge in [0.2, 0.25) is 5.91 Å². The number of anilines is 1. The van der Waals surface area contributed by atoms with Crippen molar-refractivity contribution in [2.75, 3.05) is 51.4 Å². The molecule has 0 unspecified atom stereocenters. The molecule has 0 saturated carbocycles. The van der Waals surface area contributed by atoms with E-state index in [1.54, 1.807) is 18.4 Å². The Bertz CT molecular complexity index is 848. The molecular weight excluding hydrogens is 366 g/mol. The fourth-order valence-corrected chi connectivity index (χ4v) is 5.02. The number of carbonyl (C=O) groups is 1. The van der Waals surface area contributed by atoms with E-state index in [0.29, 0.717) is 13.2 Å². The minimum absolute atomic E-state index is 0.0611. The summed E-state index contributed by atoms with van der Waals surface area (Å²) in [5.74, 6) is 0.701. The van der Waals surface area contributed by atoms with Gasteiger partial charge in [-0.2, -0.15) is 0 Å². The van der Waals surface area contributed by atoms with Crippen molar-refractivity contribution in [2.24, 2.45) is 5.92 Å². The Morgan fingerprint density at radius 2 is 2.00 bits per heavy atom. The summed E-state index contributed by atoms with van der Waals surface area (Å²) >= 11 is 1.66. The van der Waals surface area contributed by atoms with Gasteiger partial charge in [-0.15, -0.1) is 0 Å². The van der Waals surface area contributed by atoms with Gasteiger partial charge in [0.15, 0.2) is 10.9 Å². The lowest BCUT2D eigenvalue weighted by Gasteiger charge is -2.43. The van der Waals surface area contributed by atoms with Crippen LogP contribution in [0.1, 0.15) is 12.8 Å². The molecule has 144 valence electrons. The molecule has 3 aliphatic rings. The van der Waals surface area contributed by atoms with E-state index in [2.05, 4.69) is 4.90 Å². The maximum absolute atomic E-state index is 12.8. The van der Waals surface area contributed by atoms with Crippen molar-refractivity contribution >= 4 is 32.6 Å². The summed E-state index contributed by atoms with van der Waals surface area (Å²) in [5.41, 5.74) is 0.946. The summed E-state index contributed by atoms with van der Waals surface area (Å²) in [6.07, 6.45) is 1.55. The average Bonchev–Trinajstić information content (AvgIpc) is 3.27. The first-order valence-corrected chi connectivity index (χ1v) is 10.2. The van der Waals surface area contributed by atoms with Crippen molar-refractivity contribution in [1.29, 1.82) is 0 Å². The molecule has 1 amide bonds. The Labute approximate surface area is 161 Å². The molecule has 0 radical (unpaired) electrons. The summed E-state index contributed by atoms with van der Waals surface area (Å²) in [7, 11) is 1.66. The summed E-state index contributed by atoms with van der Waals surface area (Å²) in [6.45, 7) is 4.25. The summed E-state index contributed by atoms with van der Waals surface area (Å²) in [6, 6.07) is 5.94. The molecule has 7 nitrogen and oxygen atoms in total. The first-order valence-electron chi connectivity index (χ1n) is 9.42. The molecule has 8 heteroatoms. The van der Waals surface area contributed by atoms with Gasteiger partial charge in [0.25, 0.3) is 0 Å². The molecule has 0 atom stereocenters. The highest BCUT2D eigenvalue weighted by Crippen LogP contribution is 2.36. The van der Waals surface area contributed by atoms with E-state index in [1.165, 1.54) is 0 Å². The molecule has 27 heavy (non-hydrogen) atoms. The SMILES string of the molecule is COc1ccc2sc(N3CC(C(=O)N4CCC5(CC4)OCCO5)C3)nc2c1. The number of piperidine rings is 1. The second-order valence-electron chi connectivity index (χ2n) is 7.36. The largest absolute Gasteiger partial charge is 0.497 e. The summed E-state index contributed by atoms with van der Waals surface area (Å²) in [5, 5.41) is 0.979. The molecule has 0 bridgehead atoms. The van der Waals surface area contributed by atoms with Crippen molar-refractivity contribution in [2.45, 2.75) is 18.6 Å². The molecule has 2 aromatic rings. The highest BCUT2D eigenvalue weighted by molar-refractivity contribution is 7.22. The fraction of sp³-hybridized carbons (Fsp3) is 0.579. The predicted molar refractivity (Wildman–Crippen MR) is 102 cm³/mol. The molecule has 5 rings (SSSR count). The number of aromatic nitrogens is 1. The van der Waals surface area contributed by atoms with Crippen LogP contribution < -0.4 is 9.64 Å². The molecule has 0 aliphatic carbocycles. The minimum Gasteiger partial charge on any atom is -0.497 e. The molecule has 3 saturated heterocycles.